The molecule has 0 saturated carbocycles. The molecule has 13 rings (SSSR count). The number of hydrogen-bond acceptors (Lipinski definition) is 5. The molecule has 0 amide bonds. The highest BCUT2D eigenvalue weighted by Gasteiger charge is 2.38. The third-order valence-electron chi connectivity index (χ3n) is 13.5. The van der Waals surface area contributed by atoms with E-state index in [2.05, 4.69) is 188 Å². The summed E-state index contributed by atoms with van der Waals surface area (Å²) >= 11 is 0. The van der Waals surface area contributed by atoms with Gasteiger partial charge < -0.3 is 8.83 Å². The van der Waals surface area contributed by atoms with Crippen molar-refractivity contribution in [3.63, 3.8) is 0 Å². The van der Waals surface area contributed by atoms with Gasteiger partial charge in [-0.2, -0.15) is 0 Å². The van der Waals surface area contributed by atoms with Crippen molar-refractivity contribution < 1.29 is 8.83 Å². The summed E-state index contributed by atoms with van der Waals surface area (Å²) in [6.45, 7) is 0. The Morgan fingerprint density at radius 3 is 1.14 bits per heavy atom. The summed E-state index contributed by atoms with van der Waals surface area (Å²) in [5.74, 6) is 1.77. The number of benzene rings is 10. The fraction of sp³-hybridized carbons (Fsp3) is 0.0156. The van der Waals surface area contributed by atoms with Gasteiger partial charge in [-0.3, -0.25) is 0 Å². The third-order valence-corrected chi connectivity index (χ3v) is 13.5. The molecule has 0 aliphatic rings. The number of furan rings is 2. The lowest BCUT2D eigenvalue weighted by atomic mass is 9.65. The predicted octanol–water partition coefficient (Wildman–Crippen LogP) is 16.4. The zero-order chi connectivity index (χ0) is 45.7. The Morgan fingerprint density at radius 2 is 0.609 bits per heavy atom. The lowest BCUT2D eigenvalue weighted by Crippen LogP contribution is -2.30. The highest BCUT2D eigenvalue weighted by Crippen LogP contribution is 2.47. The maximum absolute atomic E-state index is 6.65. The molecule has 5 heteroatoms. The molecule has 0 spiro atoms. The van der Waals surface area contributed by atoms with Gasteiger partial charge >= 0.3 is 0 Å². The van der Waals surface area contributed by atoms with E-state index in [0.29, 0.717) is 17.5 Å². The van der Waals surface area contributed by atoms with Gasteiger partial charge in [-0.1, -0.05) is 224 Å². The summed E-state index contributed by atoms with van der Waals surface area (Å²) in [5, 5.41) is 4.15. The SMILES string of the molecule is c1ccc(-c2nc(-c3ccc(-c4cccc5oc6cccc(-c7ccc(C(c8ccccc8)(c8ccccc8)c8ccccc8)cc7)c6c45)cc3)nc(-c3cccc4oc5ccccc5c34)n2)cc1. The monoisotopic (exact) mass is 883 g/mol. The molecule has 5 nitrogen and oxygen atoms in total. The lowest BCUT2D eigenvalue weighted by Gasteiger charge is -2.37. The Bertz CT molecular complexity index is 3880. The molecule has 3 aromatic heterocycles. The number of hydrogen-bond donors (Lipinski definition) is 0. The largest absolute Gasteiger partial charge is 0.456 e. The molecule has 3 heterocycles. The van der Waals surface area contributed by atoms with Gasteiger partial charge in [-0.15, -0.1) is 0 Å². The fourth-order valence-corrected chi connectivity index (χ4v) is 10.4. The standard InChI is InChI=1S/C64H41N3O2/c1-5-18-44(19-6-1)61-65-62(67-63(66-61)53-29-17-31-55-58(53)52-26-13-14-30-54(52)68-55)45-36-34-42(35-37-45)50-27-15-32-56-59(50)60-51(28-16-33-57(60)69-56)43-38-40-49(41-39-43)64(46-20-7-2-8-21-46,47-22-9-3-10-23-47)48-24-11-4-12-25-48/h1-41H. The first-order valence-electron chi connectivity index (χ1n) is 23.3. The minimum Gasteiger partial charge on any atom is -0.456 e. The second kappa shape index (κ2) is 16.6. The van der Waals surface area contributed by atoms with Crippen molar-refractivity contribution >= 4 is 43.9 Å². The van der Waals surface area contributed by atoms with E-state index in [9.17, 15) is 0 Å². The summed E-state index contributed by atoms with van der Waals surface area (Å²) in [5.41, 5.74) is 14.6. The highest BCUT2D eigenvalue weighted by molar-refractivity contribution is 6.18. The van der Waals surface area contributed by atoms with E-state index in [4.69, 9.17) is 23.8 Å². The van der Waals surface area contributed by atoms with E-state index in [1.807, 2.05) is 60.7 Å². The van der Waals surface area contributed by atoms with E-state index >= 15 is 0 Å². The van der Waals surface area contributed by atoms with E-state index in [-0.39, 0.29) is 0 Å². The van der Waals surface area contributed by atoms with Gasteiger partial charge in [0.2, 0.25) is 0 Å². The zero-order valence-corrected chi connectivity index (χ0v) is 37.3. The van der Waals surface area contributed by atoms with Crippen molar-refractivity contribution in [2.45, 2.75) is 5.41 Å². The molecule has 0 aliphatic carbocycles. The molecular weight excluding hydrogens is 843 g/mol. The molecule has 0 aliphatic heterocycles. The van der Waals surface area contributed by atoms with Crippen molar-refractivity contribution in [2.75, 3.05) is 0 Å². The summed E-state index contributed by atoms with van der Waals surface area (Å²) in [6.07, 6.45) is 0. The second-order valence-electron chi connectivity index (χ2n) is 17.4. The number of aromatic nitrogens is 3. The summed E-state index contributed by atoms with van der Waals surface area (Å²) < 4.78 is 12.9. The third kappa shape index (κ3) is 6.74. The minimum absolute atomic E-state index is 0.537. The van der Waals surface area contributed by atoms with Gasteiger partial charge in [0, 0.05) is 38.2 Å². The fourth-order valence-electron chi connectivity index (χ4n) is 10.4. The van der Waals surface area contributed by atoms with E-state index in [0.717, 1.165) is 82.8 Å². The van der Waals surface area contributed by atoms with Crippen LogP contribution in [-0.4, -0.2) is 15.0 Å². The van der Waals surface area contributed by atoms with Gasteiger partial charge in [-0.25, -0.2) is 15.0 Å². The Morgan fingerprint density at radius 1 is 0.246 bits per heavy atom. The average Bonchev–Trinajstić information content (AvgIpc) is 4.02. The minimum atomic E-state index is -0.537. The molecule has 69 heavy (non-hydrogen) atoms. The van der Waals surface area contributed by atoms with Gasteiger partial charge in [0.1, 0.15) is 22.3 Å². The first kappa shape index (κ1) is 40.1. The highest BCUT2D eigenvalue weighted by atomic mass is 16.3. The maximum atomic E-state index is 6.65. The van der Waals surface area contributed by atoms with Crippen LogP contribution in [0, 0.1) is 0 Å². The van der Waals surface area contributed by atoms with Crippen LogP contribution in [0.25, 0.3) is 100 Å². The summed E-state index contributed by atoms with van der Waals surface area (Å²) in [4.78, 5) is 15.3. The van der Waals surface area contributed by atoms with Crippen molar-refractivity contribution in [2.24, 2.45) is 0 Å². The van der Waals surface area contributed by atoms with Crippen molar-refractivity contribution in [1.29, 1.82) is 0 Å². The van der Waals surface area contributed by atoms with Crippen LogP contribution in [-0.2, 0) is 5.41 Å². The number of nitrogens with zero attached hydrogens (tertiary/aromatic N) is 3. The van der Waals surface area contributed by atoms with Crippen LogP contribution in [0.2, 0.25) is 0 Å². The molecule has 13 aromatic rings. The molecule has 0 N–H and O–H groups in total. The Labute approximate surface area is 398 Å². The first-order valence-corrected chi connectivity index (χ1v) is 23.3. The van der Waals surface area contributed by atoms with Gasteiger partial charge in [-0.05, 0) is 68.8 Å². The Balaban J connectivity index is 0.919. The van der Waals surface area contributed by atoms with Crippen LogP contribution in [0.1, 0.15) is 22.3 Å². The molecular formula is C64H41N3O2. The van der Waals surface area contributed by atoms with Crippen LogP contribution in [0.3, 0.4) is 0 Å². The molecule has 10 aromatic carbocycles. The molecule has 0 radical (unpaired) electrons. The quantitative estimate of drug-likeness (QED) is 0.135. The topological polar surface area (TPSA) is 65.0 Å². The van der Waals surface area contributed by atoms with E-state index in [1.165, 1.54) is 22.3 Å². The van der Waals surface area contributed by atoms with Crippen LogP contribution >= 0.6 is 0 Å². The van der Waals surface area contributed by atoms with Crippen molar-refractivity contribution in [1.82, 2.24) is 15.0 Å². The van der Waals surface area contributed by atoms with Crippen molar-refractivity contribution in [3.8, 4) is 56.4 Å². The normalized spacial score (nSPS) is 11.8. The van der Waals surface area contributed by atoms with Crippen molar-refractivity contribution in [3.05, 3.63) is 271 Å². The Hall–Kier alpha value is -9.19. The van der Waals surface area contributed by atoms with Crippen LogP contribution in [0.5, 0.6) is 0 Å². The molecule has 324 valence electrons. The lowest BCUT2D eigenvalue weighted by molar-refractivity contribution is 0.668. The summed E-state index contributed by atoms with van der Waals surface area (Å²) in [6, 6.07) is 87.1. The second-order valence-corrected chi connectivity index (χ2v) is 17.4. The first-order chi connectivity index (χ1) is 34.2. The zero-order valence-electron chi connectivity index (χ0n) is 37.3. The van der Waals surface area contributed by atoms with E-state index < -0.39 is 5.41 Å². The van der Waals surface area contributed by atoms with Gasteiger partial charge in [0.05, 0.1) is 5.41 Å². The smallest absolute Gasteiger partial charge is 0.164 e. The molecule has 0 unspecified atom stereocenters. The van der Waals surface area contributed by atoms with Crippen LogP contribution in [0.15, 0.2) is 258 Å². The van der Waals surface area contributed by atoms with Crippen LogP contribution < -0.4 is 0 Å². The molecule has 0 atom stereocenters. The molecule has 0 saturated heterocycles. The maximum Gasteiger partial charge on any atom is 0.164 e. The predicted molar refractivity (Wildman–Crippen MR) is 280 cm³/mol. The number of para-hydroxylation sites is 1. The molecule has 0 fully saturated rings. The van der Waals surface area contributed by atoms with Gasteiger partial charge in [0.15, 0.2) is 17.5 Å². The molecule has 0 bridgehead atoms. The van der Waals surface area contributed by atoms with E-state index in [1.54, 1.807) is 0 Å². The summed E-state index contributed by atoms with van der Waals surface area (Å²) in [7, 11) is 0. The van der Waals surface area contributed by atoms with Crippen LogP contribution in [0.4, 0.5) is 0 Å². The Kier molecular flexibility index (Phi) is 9.65. The number of rotatable bonds is 9. The van der Waals surface area contributed by atoms with Gasteiger partial charge in [0.25, 0.3) is 0 Å². The number of fused-ring (bicyclic) bond motifs is 6. The average molecular weight is 884 g/mol.